The van der Waals surface area contributed by atoms with E-state index in [1.807, 2.05) is 19.1 Å². The first-order valence-corrected chi connectivity index (χ1v) is 10.5. The molecule has 3 aromatic rings. The average Bonchev–Trinajstić information content (AvgIpc) is 3.05. The molecule has 0 atom stereocenters. The maximum Gasteiger partial charge on any atom is 0.354 e. The first-order chi connectivity index (χ1) is 14.1. The zero-order valence-electron chi connectivity index (χ0n) is 16.7. The molecule has 2 aromatic carbocycles. The molecule has 2 aliphatic rings. The second-order valence-electron chi connectivity index (χ2n) is 8.03. The molecule has 5 heteroatoms. The Hall–Kier alpha value is -2.82. The highest BCUT2D eigenvalue weighted by molar-refractivity contribution is 5.96. The van der Waals surface area contributed by atoms with Crippen molar-refractivity contribution < 1.29 is 13.9 Å². The van der Waals surface area contributed by atoms with Gasteiger partial charge in [0.25, 0.3) is 0 Å². The molecule has 1 aromatic heterocycles. The van der Waals surface area contributed by atoms with Gasteiger partial charge in [-0.1, -0.05) is 12.1 Å². The zero-order chi connectivity index (χ0) is 20.0. The van der Waals surface area contributed by atoms with Gasteiger partial charge >= 0.3 is 5.97 Å². The van der Waals surface area contributed by atoms with Crippen LogP contribution in [0.3, 0.4) is 0 Å². The van der Waals surface area contributed by atoms with Crippen molar-refractivity contribution in [3.63, 3.8) is 0 Å². The molecular formula is C24H25FN2O2. The molecule has 0 saturated heterocycles. The molecule has 2 heterocycles. The summed E-state index contributed by atoms with van der Waals surface area (Å²) >= 11 is 0. The van der Waals surface area contributed by atoms with E-state index in [0.29, 0.717) is 18.3 Å². The summed E-state index contributed by atoms with van der Waals surface area (Å²) in [6, 6.07) is 13.8. The Bertz CT molecular complexity index is 1080. The van der Waals surface area contributed by atoms with Crippen LogP contribution in [-0.2, 0) is 17.7 Å². The fourth-order valence-electron chi connectivity index (χ4n) is 4.55. The van der Waals surface area contributed by atoms with E-state index >= 15 is 0 Å². The number of rotatable bonds is 4. The van der Waals surface area contributed by atoms with Crippen LogP contribution in [0.1, 0.15) is 53.8 Å². The number of carbonyl (C=O) groups is 1. The number of aromatic nitrogens is 1. The van der Waals surface area contributed by atoms with Gasteiger partial charge in [-0.05, 0) is 74.1 Å². The van der Waals surface area contributed by atoms with E-state index in [4.69, 9.17) is 4.74 Å². The number of benzene rings is 2. The lowest BCUT2D eigenvalue weighted by Gasteiger charge is -2.32. The van der Waals surface area contributed by atoms with Crippen LogP contribution in [-0.4, -0.2) is 23.7 Å². The van der Waals surface area contributed by atoms with Gasteiger partial charge in [-0.2, -0.15) is 0 Å². The first-order valence-electron chi connectivity index (χ1n) is 10.5. The molecule has 0 N–H and O–H groups in total. The number of halogens is 1. The van der Waals surface area contributed by atoms with Crippen LogP contribution in [0.5, 0.6) is 0 Å². The predicted molar refractivity (Wildman–Crippen MR) is 112 cm³/mol. The van der Waals surface area contributed by atoms with Crippen LogP contribution < -0.4 is 4.90 Å². The number of carbonyl (C=O) groups excluding carboxylic acids is 1. The Morgan fingerprint density at radius 2 is 2.00 bits per heavy atom. The van der Waals surface area contributed by atoms with E-state index in [0.717, 1.165) is 54.5 Å². The summed E-state index contributed by atoms with van der Waals surface area (Å²) in [6.07, 6.45) is 4.24. The molecule has 1 aliphatic carbocycles. The normalized spacial score (nSPS) is 16.6. The minimum Gasteiger partial charge on any atom is -0.461 e. The molecule has 0 unspecified atom stereocenters. The highest BCUT2D eigenvalue weighted by Crippen LogP contribution is 2.38. The highest BCUT2D eigenvalue weighted by Gasteiger charge is 2.27. The molecule has 29 heavy (non-hydrogen) atoms. The van der Waals surface area contributed by atoms with Crippen LogP contribution in [0.15, 0.2) is 42.5 Å². The van der Waals surface area contributed by atoms with Gasteiger partial charge in [0.2, 0.25) is 0 Å². The summed E-state index contributed by atoms with van der Waals surface area (Å²) in [4.78, 5) is 14.9. The van der Waals surface area contributed by atoms with Gasteiger partial charge in [-0.25, -0.2) is 9.18 Å². The maximum absolute atomic E-state index is 13.5. The molecule has 1 saturated carbocycles. The van der Waals surface area contributed by atoms with Crippen molar-refractivity contribution in [2.24, 2.45) is 0 Å². The molecule has 0 amide bonds. The fraction of sp³-hybridized carbons (Fsp3) is 0.375. The van der Waals surface area contributed by atoms with Crippen LogP contribution in [0.25, 0.3) is 10.9 Å². The van der Waals surface area contributed by atoms with Gasteiger partial charge in [0.1, 0.15) is 11.5 Å². The van der Waals surface area contributed by atoms with Gasteiger partial charge in [0.05, 0.1) is 12.1 Å². The zero-order valence-corrected chi connectivity index (χ0v) is 16.7. The van der Waals surface area contributed by atoms with Crippen molar-refractivity contribution in [2.75, 3.05) is 18.1 Å². The smallest absolute Gasteiger partial charge is 0.354 e. The third kappa shape index (κ3) is 3.18. The van der Waals surface area contributed by atoms with E-state index in [-0.39, 0.29) is 11.8 Å². The standard InChI is InChI=1S/C24H25FN2O2/c1-2-29-24(28)23-13-17-7-9-21(14-22(17)27(23)20-4-3-5-20)26-11-10-16-12-19(25)8-6-18(16)15-26/h6-9,12-14,20H,2-5,10-11,15H2,1H3. The molecular weight excluding hydrogens is 367 g/mol. The maximum atomic E-state index is 13.5. The van der Waals surface area contributed by atoms with E-state index in [9.17, 15) is 9.18 Å². The van der Waals surface area contributed by atoms with Gasteiger partial charge in [0.15, 0.2) is 0 Å². The lowest BCUT2D eigenvalue weighted by Crippen LogP contribution is -2.30. The van der Waals surface area contributed by atoms with Crippen LogP contribution in [0.2, 0.25) is 0 Å². The summed E-state index contributed by atoms with van der Waals surface area (Å²) in [6.45, 7) is 3.85. The molecule has 5 rings (SSSR count). The van der Waals surface area contributed by atoms with E-state index in [2.05, 4.69) is 27.7 Å². The molecule has 4 nitrogen and oxygen atoms in total. The Balaban J connectivity index is 1.53. The van der Waals surface area contributed by atoms with Crippen molar-refractivity contribution >= 4 is 22.6 Å². The summed E-state index contributed by atoms with van der Waals surface area (Å²) in [5.74, 6) is -0.408. The van der Waals surface area contributed by atoms with E-state index in [1.165, 1.54) is 12.0 Å². The molecule has 1 fully saturated rings. The minimum absolute atomic E-state index is 0.163. The van der Waals surface area contributed by atoms with Crippen LogP contribution in [0.4, 0.5) is 10.1 Å². The van der Waals surface area contributed by atoms with Gasteiger partial charge in [0, 0.05) is 30.2 Å². The summed E-state index contributed by atoms with van der Waals surface area (Å²) in [7, 11) is 0. The largest absolute Gasteiger partial charge is 0.461 e. The van der Waals surface area contributed by atoms with E-state index < -0.39 is 0 Å². The van der Waals surface area contributed by atoms with Crippen molar-refractivity contribution in [1.82, 2.24) is 4.57 Å². The fourth-order valence-corrected chi connectivity index (χ4v) is 4.55. The number of nitrogens with zero attached hydrogens (tertiary/aromatic N) is 2. The number of hydrogen-bond donors (Lipinski definition) is 0. The topological polar surface area (TPSA) is 34.5 Å². The first kappa shape index (κ1) is 18.2. The Morgan fingerprint density at radius 3 is 2.76 bits per heavy atom. The quantitative estimate of drug-likeness (QED) is 0.569. The summed E-state index contributed by atoms with van der Waals surface area (Å²) in [5, 5.41) is 1.07. The number of fused-ring (bicyclic) bond motifs is 2. The van der Waals surface area contributed by atoms with Gasteiger partial charge in [-0.15, -0.1) is 0 Å². The second-order valence-corrected chi connectivity index (χ2v) is 8.03. The van der Waals surface area contributed by atoms with E-state index in [1.54, 1.807) is 12.1 Å². The summed E-state index contributed by atoms with van der Waals surface area (Å²) in [5.41, 5.74) is 5.17. The predicted octanol–water partition coefficient (Wildman–Crippen LogP) is 5.24. The van der Waals surface area contributed by atoms with Crippen LogP contribution >= 0.6 is 0 Å². The molecule has 0 radical (unpaired) electrons. The number of anilines is 1. The summed E-state index contributed by atoms with van der Waals surface area (Å²) < 4.78 is 21.0. The number of hydrogen-bond acceptors (Lipinski definition) is 3. The third-order valence-corrected chi connectivity index (χ3v) is 6.30. The van der Waals surface area contributed by atoms with Gasteiger partial charge < -0.3 is 14.2 Å². The molecule has 0 bridgehead atoms. The van der Waals surface area contributed by atoms with Crippen molar-refractivity contribution in [3.8, 4) is 0 Å². The lowest BCUT2D eigenvalue weighted by atomic mass is 9.92. The lowest BCUT2D eigenvalue weighted by molar-refractivity contribution is 0.0508. The van der Waals surface area contributed by atoms with Crippen LogP contribution in [0, 0.1) is 5.82 Å². The second kappa shape index (κ2) is 7.21. The minimum atomic E-state index is -0.244. The molecule has 0 spiro atoms. The Labute approximate surface area is 169 Å². The number of ether oxygens (including phenoxy) is 1. The third-order valence-electron chi connectivity index (χ3n) is 6.30. The molecule has 150 valence electrons. The van der Waals surface area contributed by atoms with Crippen molar-refractivity contribution in [3.05, 3.63) is 65.1 Å². The molecule has 1 aliphatic heterocycles. The Morgan fingerprint density at radius 1 is 1.14 bits per heavy atom. The average molecular weight is 392 g/mol. The van der Waals surface area contributed by atoms with Crippen molar-refractivity contribution in [2.45, 2.75) is 45.2 Å². The van der Waals surface area contributed by atoms with Gasteiger partial charge in [-0.3, -0.25) is 0 Å². The Kier molecular flexibility index (Phi) is 4.53. The monoisotopic (exact) mass is 392 g/mol. The SMILES string of the molecule is CCOC(=O)c1cc2ccc(N3CCc4cc(F)ccc4C3)cc2n1C1CCC1. The van der Waals surface area contributed by atoms with Crippen molar-refractivity contribution in [1.29, 1.82) is 0 Å². The number of esters is 1. The highest BCUT2D eigenvalue weighted by atomic mass is 19.1.